The summed E-state index contributed by atoms with van der Waals surface area (Å²) in [4.78, 5) is 0. The molecule has 0 rings (SSSR count). The molecule has 0 aromatic heterocycles. The van der Waals surface area contributed by atoms with Crippen LogP contribution in [0, 0.1) is 5.41 Å². The van der Waals surface area contributed by atoms with Crippen molar-refractivity contribution in [2.24, 2.45) is 5.41 Å². The van der Waals surface area contributed by atoms with Gasteiger partial charge in [-0.2, -0.15) is 0 Å². The van der Waals surface area contributed by atoms with E-state index in [4.69, 9.17) is 0 Å². The summed E-state index contributed by atoms with van der Waals surface area (Å²) in [5, 5.41) is 0. The topological polar surface area (TPSA) is 0 Å². The van der Waals surface area contributed by atoms with Crippen molar-refractivity contribution in [2.75, 3.05) is 0 Å². The van der Waals surface area contributed by atoms with E-state index in [0.717, 1.165) is 0 Å². The Morgan fingerprint density at radius 1 is 0.846 bits per heavy atom. The maximum atomic E-state index is 2.41. The second kappa shape index (κ2) is 10.1. The fourth-order valence-corrected chi connectivity index (χ4v) is 1.21. The van der Waals surface area contributed by atoms with E-state index in [1.807, 2.05) is 0 Å². The predicted molar refractivity (Wildman–Crippen MR) is 64.2 cm³/mol. The van der Waals surface area contributed by atoms with E-state index >= 15 is 0 Å². The van der Waals surface area contributed by atoms with Crippen molar-refractivity contribution < 1.29 is 0 Å². The zero-order valence-corrected chi connectivity index (χ0v) is 10.7. The van der Waals surface area contributed by atoms with Gasteiger partial charge in [-0.25, -0.2) is 0 Å². The van der Waals surface area contributed by atoms with Gasteiger partial charge in [-0.3, -0.25) is 0 Å². The highest BCUT2D eigenvalue weighted by atomic mass is 14.2. The van der Waals surface area contributed by atoms with Crippen LogP contribution in [0.3, 0.4) is 0 Å². The smallest absolute Gasteiger partial charge is 0.0331 e. The van der Waals surface area contributed by atoms with Crippen LogP contribution in [0.2, 0.25) is 0 Å². The Kier molecular flexibility index (Phi) is 12.0. The number of rotatable bonds is 5. The first-order chi connectivity index (χ1) is 6.10. The number of hydrogen-bond donors (Lipinski definition) is 0. The van der Waals surface area contributed by atoms with Gasteiger partial charge in [-0.1, -0.05) is 73.6 Å². The second-order valence-electron chi connectivity index (χ2n) is 4.33. The SMILES string of the molecule is CCC.CCCCC(C)(CC)CC. The fraction of sp³-hybridized carbons (Fsp3) is 1.00. The molecule has 0 atom stereocenters. The lowest BCUT2D eigenvalue weighted by Crippen LogP contribution is -2.12. The molecule has 0 radical (unpaired) electrons. The molecule has 0 saturated carbocycles. The standard InChI is InChI=1S/C10H22.C3H8/c1-5-8-9-10(4,6-2)7-3;1-3-2/h5-9H2,1-4H3;3H2,1-2H3. The first-order valence-corrected chi connectivity index (χ1v) is 6.10. The van der Waals surface area contributed by atoms with Gasteiger partial charge in [0.05, 0.1) is 0 Å². The van der Waals surface area contributed by atoms with Gasteiger partial charge in [-0.15, -0.1) is 0 Å². The Labute approximate surface area is 86.1 Å². The summed E-state index contributed by atoms with van der Waals surface area (Å²) in [7, 11) is 0. The van der Waals surface area contributed by atoms with Crippen LogP contribution in [0.25, 0.3) is 0 Å². The Bertz CT molecular complexity index is 80.0. The summed E-state index contributed by atoms with van der Waals surface area (Å²) in [5.41, 5.74) is 0.635. The molecule has 0 unspecified atom stereocenters. The lowest BCUT2D eigenvalue weighted by atomic mass is 9.80. The van der Waals surface area contributed by atoms with E-state index in [0.29, 0.717) is 5.41 Å². The largest absolute Gasteiger partial charge is 0.0656 e. The minimum atomic E-state index is 0.635. The van der Waals surface area contributed by atoms with Gasteiger partial charge in [0.1, 0.15) is 0 Å². The molecular formula is C13H30. The minimum Gasteiger partial charge on any atom is -0.0656 e. The molecule has 0 nitrogen and oxygen atoms in total. The third-order valence-electron chi connectivity index (χ3n) is 2.84. The third kappa shape index (κ3) is 9.92. The highest BCUT2D eigenvalue weighted by molar-refractivity contribution is 4.69. The summed E-state index contributed by atoms with van der Waals surface area (Å²) in [6.45, 7) is 13.5. The average molecular weight is 186 g/mol. The molecular weight excluding hydrogens is 156 g/mol. The molecule has 82 valence electrons. The number of unbranched alkanes of at least 4 members (excludes halogenated alkanes) is 1. The molecule has 0 amide bonds. The monoisotopic (exact) mass is 186 g/mol. The summed E-state index contributed by atoms with van der Waals surface area (Å²) in [6, 6.07) is 0. The molecule has 13 heavy (non-hydrogen) atoms. The average Bonchev–Trinajstić information content (AvgIpc) is 2.15. The summed E-state index contributed by atoms with van der Waals surface area (Å²) < 4.78 is 0. The van der Waals surface area contributed by atoms with Crippen molar-refractivity contribution in [1.29, 1.82) is 0 Å². The molecule has 0 heteroatoms. The quantitative estimate of drug-likeness (QED) is 0.538. The molecule has 0 spiro atoms. The van der Waals surface area contributed by atoms with E-state index in [9.17, 15) is 0 Å². The Morgan fingerprint density at radius 2 is 1.23 bits per heavy atom. The summed E-state index contributed by atoms with van der Waals surface area (Å²) >= 11 is 0. The lowest BCUT2D eigenvalue weighted by Gasteiger charge is -2.26. The highest BCUT2D eigenvalue weighted by Crippen LogP contribution is 2.31. The van der Waals surface area contributed by atoms with E-state index < -0.39 is 0 Å². The van der Waals surface area contributed by atoms with Crippen LogP contribution < -0.4 is 0 Å². The van der Waals surface area contributed by atoms with Crippen LogP contribution in [0.5, 0.6) is 0 Å². The van der Waals surface area contributed by atoms with Crippen molar-refractivity contribution >= 4 is 0 Å². The van der Waals surface area contributed by atoms with Gasteiger partial charge in [-0.05, 0) is 11.8 Å². The van der Waals surface area contributed by atoms with Crippen LogP contribution in [-0.2, 0) is 0 Å². The van der Waals surface area contributed by atoms with Gasteiger partial charge in [0.25, 0.3) is 0 Å². The number of hydrogen-bond acceptors (Lipinski definition) is 0. The zero-order chi connectivity index (χ0) is 10.7. The summed E-state index contributed by atoms with van der Waals surface area (Å²) in [6.07, 6.45) is 8.08. The molecule has 0 fully saturated rings. The molecule has 0 aromatic rings. The van der Waals surface area contributed by atoms with Crippen LogP contribution in [0.4, 0.5) is 0 Å². The van der Waals surface area contributed by atoms with E-state index in [1.165, 1.54) is 38.5 Å². The summed E-state index contributed by atoms with van der Waals surface area (Å²) in [5.74, 6) is 0. The molecule has 0 saturated heterocycles. The van der Waals surface area contributed by atoms with Gasteiger partial charge < -0.3 is 0 Å². The molecule has 0 aliphatic heterocycles. The maximum absolute atomic E-state index is 2.41. The first-order valence-electron chi connectivity index (χ1n) is 6.10. The normalized spacial score (nSPS) is 10.6. The van der Waals surface area contributed by atoms with Gasteiger partial charge in [0.2, 0.25) is 0 Å². The third-order valence-corrected chi connectivity index (χ3v) is 2.84. The van der Waals surface area contributed by atoms with Crippen molar-refractivity contribution in [2.45, 2.75) is 80.1 Å². The maximum Gasteiger partial charge on any atom is -0.0331 e. The minimum absolute atomic E-state index is 0.635. The lowest BCUT2D eigenvalue weighted by molar-refractivity contribution is 0.265. The van der Waals surface area contributed by atoms with Crippen molar-refractivity contribution in [3.05, 3.63) is 0 Å². The van der Waals surface area contributed by atoms with Crippen LogP contribution in [-0.4, -0.2) is 0 Å². The molecule has 0 aliphatic rings. The van der Waals surface area contributed by atoms with Gasteiger partial charge in [0, 0.05) is 0 Å². The van der Waals surface area contributed by atoms with Crippen LogP contribution >= 0.6 is 0 Å². The molecule has 0 aromatic carbocycles. The Balaban J connectivity index is 0. The van der Waals surface area contributed by atoms with Crippen molar-refractivity contribution in [3.8, 4) is 0 Å². The highest BCUT2D eigenvalue weighted by Gasteiger charge is 2.17. The van der Waals surface area contributed by atoms with Crippen LogP contribution in [0.15, 0.2) is 0 Å². The first kappa shape index (κ1) is 15.5. The van der Waals surface area contributed by atoms with Gasteiger partial charge in [0.15, 0.2) is 0 Å². The molecule has 0 aliphatic carbocycles. The van der Waals surface area contributed by atoms with E-state index in [-0.39, 0.29) is 0 Å². The van der Waals surface area contributed by atoms with E-state index in [2.05, 4.69) is 41.5 Å². The van der Waals surface area contributed by atoms with E-state index in [1.54, 1.807) is 0 Å². The van der Waals surface area contributed by atoms with Crippen molar-refractivity contribution in [3.63, 3.8) is 0 Å². The second-order valence-corrected chi connectivity index (χ2v) is 4.33. The predicted octanol–water partition coefficient (Wildman–Crippen LogP) is 5.42. The zero-order valence-electron chi connectivity index (χ0n) is 10.7. The van der Waals surface area contributed by atoms with Crippen molar-refractivity contribution in [1.82, 2.24) is 0 Å². The molecule has 0 bridgehead atoms. The molecule has 0 N–H and O–H groups in total. The molecule has 0 heterocycles. The fourth-order valence-electron chi connectivity index (χ4n) is 1.21. The van der Waals surface area contributed by atoms with Crippen LogP contribution in [0.1, 0.15) is 80.1 Å². The van der Waals surface area contributed by atoms with Gasteiger partial charge >= 0.3 is 0 Å². The Morgan fingerprint density at radius 3 is 1.46 bits per heavy atom. The Hall–Kier alpha value is 0.